The molecule has 120 valence electrons. The molecule has 0 amide bonds. The summed E-state index contributed by atoms with van der Waals surface area (Å²) in [5.41, 5.74) is 1.18. The molecule has 0 bridgehead atoms. The molecule has 0 unspecified atom stereocenters. The van der Waals surface area contributed by atoms with Gasteiger partial charge in [0.15, 0.2) is 0 Å². The molecule has 0 radical (unpaired) electrons. The summed E-state index contributed by atoms with van der Waals surface area (Å²) >= 11 is 6.10. The lowest BCUT2D eigenvalue weighted by molar-refractivity contribution is -0.147. The van der Waals surface area contributed by atoms with Gasteiger partial charge < -0.3 is 9.47 Å². The average Bonchev–Trinajstić information content (AvgIpc) is 3.09. The van der Waals surface area contributed by atoms with E-state index in [9.17, 15) is 9.59 Å². The molecule has 2 aromatic rings. The van der Waals surface area contributed by atoms with Gasteiger partial charge in [-0.15, -0.1) is 0 Å². The highest BCUT2D eigenvalue weighted by Gasteiger charge is 2.35. The van der Waals surface area contributed by atoms with Crippen LogP contribution < -0.4 is 0 Å². The molecular weight excluding hydrogens is 320 g/mol. The highest BCUT2D eigenvalue weighted by molar-refractivity contribution is 6.31. The van der Waals surface area contributed by atoms with Crippen LogP contribution in [0.3, 0.4) is 0 Å². The topological polar surface area (TPSA) is 70.4 Å². The molecule has 7 heteroatoms. The van der Waals surface area contributed by atoms with Gasteiger partial charge in [0.05, 0.1) is 18.3 Å². The second kappa shape index (κ2) is 6.42. The van der Waals surface area contributed by atoms with Crippen LogP contribution in [-0.2, 0) is 20.8 Å². The van der Waals surface area contributed by atoms with E-state index in [0.717, 1.165) is 5.56 Å². The first-order valence-electron chi connectivity index (χ1n) is 7.20. The zero-order valence-corrected chi connectivity index (χ0v) is 13.2. The fraction of sp³-hybridized carbons (Fsp3) is 0.312. The Morgan fingerprint density at radius 2 is 2.26 bits per heavy atom. The standard InChI is InChI=1S/C16H15ClN2O4/c1-10-6-14(16(21)22-10)23-15(20)12-7-18-19(9-12)8-11-4-2-3-5-13(11)17/h2-5,7,9-10,14H,6,8H2,1H3/t10-,14-/m0/s1. The maximum Gasteiger partial charge on any atom is 0.347 e. The number of aromatic nitrogens is 2. The molecule has 1 aromatic carbocycles. The van der Waals surface area contributed by atoms with Crippen LogP contribution in [0.5, 0.6) is 0 Å². The first-order valence-corrected chi connectivity index (χ1v) is 7.58. The number of benzene rings is 1. The number of hydrogen-bond acceptors (Lipinski definition) is 5. The van der Waals surface area contributed by atoms with Crippen molar-refractivity contribution in [3.8, 4) is 0 Å². The second-order valence-electron chi connectivity index (χ2n) is 5.40. The van der Waals surface area contributed by atoms with E-state index in [0.29, 0.717) is 18.0 Å². The normalized spacial score (nSPS) is 20.3. The van der Waals surface area contributed by atoms with Crippen LogP contribution in [0.25, 0.3) is 0 Å². The van der Waals surface area contributed by atoms with Crippen molar-refractivity contribution in [3.05, 3.63) is 52.8 Å². The summed E-state index contributed by atoms with van der Waals surface area (Å²) < 4.78 is 11.7. The zero-order chi connectivity index (χ0) is 16.4. The maximum atomic E-state index is 12.1. The lowest BCUT2D eigenvalue weighted by Gasteiger charge is -2.06. The highest BCUT2D eigenvalue weighted by Crippen LogP contribution is 2.19. The molecule has 6 nitrogen and oxygen atoms in total. The third-order valence-electron chi connectivity index (χ3n) is 3.53. The molecule has 1 aliphatic rings. The second-order valence-corrected chi connectivity index (χ2v) is 5.80. The van der Waals surface area contributed by atoms with Crippen molar-refractivity contribution in [2.75, 3.05) is 0 Å². The monoisotopic (exact) mass is 334 g/mol. The minimum Gasteiger partial charge on any atom is -0.460 e. The van der Waals surface area contributed by atoms with E-state index in [1.807, 2.05) is 18.2 Å². The summed E-state index contributed by atoms with van der Waals surface area (Å²) in [6.45, 7) is 2.20. The molecule has 1 saturated heterocycles. The van der Waals surface area contributed by atoms with Crippen LogP contribution in [0.2, 0.25) is 5.02 Å². The summed E-state index contributed by atoms with van der Waals surface area (Å²) in [5, 5.41) is 4.76. The van der Waals surface area contributed by atoms with Crippen molar-refractivity contribution in [2.45, 2.75) is 32.1 Å². The van der Waals surface area contributed by atoms with E-state index < -0.39 is 18.0 Å². The number of carbonyl (C=O) groups excluding carboxylic acids is 2. The molecule has 1 fully saturated rings. The number of hydrogen-bond donors (Lipinski definition) is 0. The minimum atomic E-state index is -0.843. The molecule has 1 aromatic heterocycles. The minimum absolute atomic E-state index is 0.233. The molecule has 0 saturated carbocycles. The molecule has 0 spiro atoms. The van der Waals surface area contributed by atoms with E-state index in [2.05, 4.69) is 5.10 Å². The maximum absolute atomic E-state index is 12.1. The van der Waals surface area contributed by atoms with E-state index in [1.54, 1.807) is 23.9 Å². The Bertz CT molecular complexity index is 743. The largest absolute Gasteiger partial charge is 0.460 e. The number of carbonyl (C=O) groups is 2. The van der Waals surface area contributed by atoms with E-state index >= 15 is 0 Å². The van der Waals surface area contributed by atoms with Crippen LogP contribution in [0.4, 0.5) is 0 Å². The van der Waals surface area contributed by atoms with E-state index in [-0.39, 0.29) is 11.7 Å². The summed E-state index contributed by atoms with van der Waals surface area (Å²) in [6, 6.07) is 7.41. The van der Waals surface area contributed by atoms with Gasteiger partial charge >= 0.3 is 11.9 Å². The summed E-state index contributed by atoms with van der Waals surface area (Å²) in [7, 11) is 0. The number of halogens is 1. The van der Waals surface area contributed by atoms with Gasteiger partial charge in [-0.1, -0.05) is 29.8 Å². The molecule has 3 rings (SSSR count). The van der Waals surface area contributed by atoms with Crippen molar-refractivity contribution in [1.29, 1.82) is 0 Å². The average molecular weight is 335 g/mol. The number of nitrogens with zero attached hydrogens (tertiary/aromatic N) is 2. The van der Waals surface area contributed by atoms with E-state index in [4.69, 9.17) is 21.1 Å². The quantitative estimate of drug-likeness (QED) is 0.803. The van der Waals surface area contributed by atoms with Gasteiger partial charge in [0.1, 0.15) is 6.10 Å². The van der Waals surface area contributed by atoms with Crippen LogP contribution in [0, 0.1) is 0 Å². The molecule has 2 atom stereocenters. The first-order chi connectivity index (χ1) is 11.0. The first kappa shape index (κ1) is 15.6. The van der Waals surface area contributed by atoms with Gasteiger partial charge in [-0.2, -0.15) is 5.10 Å². The van der Waals surface area contributed by atoms with Crippen molar-refractivity contribution < 1.29 is 19.1 Å². The Kier molecular flexibility index (Phi) is 4.34. The van der Waals surface area contributed by atoms with Crippen LogP contribution in [0.15, 0.2) is 36.7 Å². The fourth-order valence-electron chi connectivity index (χ4n) is 2.37. The smallest absolute Gasteiger partial charge is 0.347 e. The van der Waals surface area contributed by atoms with Crippen LogP contribution in [0.1, 0.15) is 29.3 Å². The summed E-state index contributed by atoms with van der Waals surface area (Å²) in [4.78, 5) is 23.6. The van der Waals surface area contributed by atoms with Gasteiger partial charge in [0.25, 0.3) is 0 Å². The summed E-state index contributed by atoms with van der Waals surface area (Å²) in [5.74, 6) is -1.10. The molecular formula is C16H15ClN2O4. The van der Waals surface area contributed by atoms with Gasteiger partial charge in [-0.05, 0) is 18.6 Å². The van der Waals surface area contributed by atoms with Gasteiger partial charge in [0, 0.05) is 17.6 Å². The van der Waals surface area contributed by atoms with Crippen LogP contribution >= 0.6 is 11.6 Å². The molecule has 23 heavy (non-hydrogen) atoms. The Morgan fingerprint density at radius 3 is 2.96 bits per heavy atom. The Hall–Kier alpha value is -2.34. The Labute approximate surface area is 137 Å². The highest BCUT2D eigenvalue weighted by atomic mass is 35.5. The predicted octanol–water partition coefficient (Wildman–Crippen LogP) is 2.45. The Morgan fingerprint density at radius 1 is 1.48 bits per heavy atom. The van der Waals surface area contributed by atoms with Gasteiger partial charge in [0.2, 0.25) is 6.10 Å². The van der Waals surface area contributed by atoms with Crippen molar-refractivity contribution in [1.82, 2.24) is 9.78 Å². The van der Waals surface area contributed by atoms with Crippen molar-refractivity contribution >= 4 is 23.5 Å². The SMILES string of the molecule is C[C@H]1C[C@H](OC(=O)c2cnn(Cc3ccccc3Cl)c2)C(=O)O1. The van der Waals surface area contributed by atoms with Crippen molar-refractivity contribution in [3.63, 3.8) is 0 Å². The fourth-order valence-corrected chi connectivity index (χ4v) is 2.57. The van der Waals surface area contributed by atoms with E-state index in [1.165, 1.54) is 6.20 Å². The zero-order valence-electron chi connectivity index (χ0n) is 12.4. The number of ether oxygens (including phenoxy) is 2. The third kappa shape index (κ3) is 3.53. The van der Waals surface area contributed by atoms with Gasteiger partial charge in [-0.3, -0.25) is 4.68 Å². The molecule has 1 aliphatic heterocycles. The van der Waals surface area contributed by atoms with Gasteiger partial charge in [-0.25, -0.2) is 9.59 Å². The molecule has 0 aliphatic carbocycles. The van der Waals surface area contributed by atoms with Crippen LogP contribution in [-0.4, -0.2) is 33.9 Å². The molecule has 0 N–H and O–H groups in total. The predicted molar refractivity (Wildman–Crippen MR) is 82.2 cm³/mol. The third-order valence-corrected chi connectivity index (χ3v) is 3.90. The lowest BCUT2D eigenvalue weighted by atomic mass is 10.2. The summed E-state index contributed by atoms with van der Waals surface area (Å²) in [6.07, 6.45) is 2.27. The number of cyclic esters (lactones) is 1. The lowest BCUT2D eigenvalue weighted by Crippen LogP contribution is -2.22. The van der Waals surface area contributed by atoms with Crippen molar-refractivity contribution in [2.24, 2.45) is 0 Å². The Balaban J connectivity index is 1.66. The molecule has 2 heterocycles. The number of esters is 2. The number of rotatable bonds is 4.